The lowest BCUT2D eigenvalue weighted by molar-refractivity contribution is 0.371. The fourth-order valence-corrected chi connectivity index (χ4v) is 12.9. The average molecular weight is 948 g/mol. The zero-order valence-electron chi connectivity index (χ0n) is 35.7. The second-order valence-electron chi connectivity index (χ2n) is 18.4. The molecule has 2 aliphatic heterocycles. The van der Waals surface area contributed by atoms with Crippen molar-refractivity contribution in [3.8, 4) is 28.7 Å². The predicted molar refractivity (Wildman–Crippen MR) is 231 cm³/mol. The van der Waals surface area contributed by atoms with E-state index in [-0.39, 0.29) is 31.8 Å². The molecule has 0 aromatic heterocycles. The minimum Gasteiger partial charge on any atom is -0.505 e. The van der Waals surface area contributed by atoms with Crippen LogP contribution in [0.1, 0.15) is 105 Å². The van der Waals surface area contributed by atoms with Gasteiger partial charge in [0.15, 0.2) is 28.7 Å². The Morgan fingerprint density at radius 3 is 1.13 bits per heavy atom. The summed E-state index contributed by atoms with van der Waals surface area (Å²) >= 11 is 9.53. The highest BCUT2D eigenvalue weighted by molar-refractivity contribution is 7.93. The van der Waals surface area contributed by atoms with Crippen molar-refractivity contribution >= 4 is 63.5 Å². The Morgan fingerprint density at radius 1 is 0.500 bits per heavy atom. The van der Waals surface area contributed by atoms with Gasteiger partial charge in [0, 0.05) is 7.11 Å². The maximum atomic E-state index is 15.1. The first-order chi connectivity index (χ1) is 27.1. The molecule has 4 N–H and O–H groups in total. The van der Waals surface area contributed by atoms with Gasteiger partial charge in [-0.05, 0) is 86.4 Å². The number of hydrogen-bond acceptors (Lipinski definition) is 12. The number of ether oxygens (including phenoxy) is 1. The zero-order valence-corrected chi connectivity index (χ0v) is 40.5. The van der Waals surface area contributed by atoms with Gasteiger partial charge in [0.2, 0.25) is 29.5 Å². The molecule has 330 valence electrons. The van der Waals surface area contributed by atoms with E-state index in [0.717, 1.165) is 37.4 Å². The number of sulfone groups is 3. The molecule has 0 saturated carbocycles. The number of halogens is 2. The molecule has 6 rings (SSSR count). The molecule has 2 aliphatic rings. The van der Waals surface area contributed by atoms with Crippen molar-refractivity contribution in [3.63, 3.8) is 0 Å². The smallest absolute Gasteiger partial charge is 0.214 e. The molecule has 2 heterocycles. The molecule has 0 aliphatic carbocycles. The third-order valence-electron chi connectivity index (χ3n) is 10.0. The minimum absolute atomic E-state index is 0.0917. The first-order valence-electron chi connectivity index (χ1n) is 18.4. The van der Waals surface area contributed by atoms with Crippen LogP contribution < -0.4 is 4.74 Å². The van der Waals surface area contributed by atoms with Gasteiger partial charge in [-0.25, -0.2) is 29.5 Å². The SMILES string of the molecule is CC(C)(C)c1cc2c(O)c(c1)S(=O)(=O)c1cc(C(C)(C)C)c3c(c1O)Oc1c(cc(C(C)(C)C)cc1S(=O)(=O)c1cc(C(C)(C)C)cc(c1O)S2(=O)=O)[S@@]3=O.CO.ClCCl. The van der Waals surface area contributed by atoms with Crippen LogP contribution >= 0.6 is 23.2 Å². The van der Waals surface area contributed by atoms with Gasteiger partial charge in [0.1, 0.15) is 29.4 Å². The Labute approximate surface area is 365 Å². The van der Waals surface area contributed by atoms with Gasteiger partial charge in [0.25, 0.3) is 0 Å². The van der Waals surface area contributed by atoms with E-state index in [2.05, 4.69) is 0 Å². The fourth-order valence-electron chi connectivity index (χ4n) is 6.51. The van der Waals surface area contributed by atoms with Crippen LogP contribution in [0, 0.1) is 0 Å². The van der Waals surface area contributed by atoms with Crippen LogP contribution in [0.3, 0.4) is 0 Å². The first kappa shape index (κ1) is 49.3. The van der Waals surface area contributed by atoms with Gasteiger partial charge in [-0.2, -0.15) is 0 Å². The molecule has 4 aromatic carbocycles. The number of alkyl halides is 2. The van der Waals surface area contributed by atoms with Crippen LogP contribution in [0.4, 0.5) is 0 Å². The third kappa shape index (κ3) is 8.41. The summed E-state index contributed by atoms with van der Waals surface area (Å²) in [5.74, 6) is -4.50. The molecule has 7 bridgehead atoms. The Hall–Kier alpha value is -3.38. The molecule has 0 fully saturated rings. The summed E-state index contributed by atoms with van der Waals surface area (Å²) in [6.45, 7) is 20.8. The number of aliphatic hydroxyl groups is 1. The topological polar surface area (TPSA) is 210 Å². The summed E-state index contributed by atoms with van der Waals surface area (Å²) in [5, 5.41) is 42.8. The number of hydrogen-bond donors (Lipinski definition) is 4. The molecule has 0 amide bonds. The number of fused-ring (bicyclic) bond motifs is 5. The first-order valence-corrected chi connectivity index (χ1v) is 25.1. The molecular weight excluding hydrogens is 896 g/mol. The largest absolute Gasteiger partial charge is 0.505 e. The molecule has 12 nitrogen and oxygen atoms in total. The van der Waals surface area contributed by atoms with Crippen molar-refractivity contribution in [1.29, 1.82) is 0 Å². The number of aliphatic hydroxyl groups excluding tert-OH is 1. The maximum Gasteiger partial charge on any atom is 0.214 e. The van der Waals surface area contributed by atoms with Crippen molar-refractivity contribution < 1.29 is 54.6 Å². The Kier molecular flexibility index (Phi) is 13.2. The average Bonchev–Trinajstić information content (AvgIpc) is 3.10. The Balaban J connectivity index is 0.00000152. The van der Waals surface area contributed by atoms with Gasteiger partial charge in [0.05, 0.1) is 25.9 Å². The second-order valence-corrected chi connectivity index (χ2v) is 26.2. The molecule has 18 heteroatoms. The normalized spacial score (nSPS) is 17.4. The lowest BCUT2D eigenvalue weighted by Crippen LogP contribution is -2.22. The lowest BCUT2D eigenvalue weighted by Gasteiger charge is -2.31. The van der Waals surface area contributed by atoms with E-state index < -0.39 is 120 Å². The van der Waals surface area contributed by atoms with Gasteiger partial charge in [-0.3, -0.25) is 0 Å². The summed E-state index contributed by atoms with van der Waals surface area (Å²) in [6.07, 6.45) is 0. The van der Waals surface area contributed by atoms with Crippen molar-refractivity contribution in [1.82, 2.24) is 0 Å². The quantitative estimate of drug-likeness (QED) is 0.105. The van der Waals surface area contributed by atoms with Crippen LogP contribution in [0.15, 0.2) is 81.6 Å². The van der Waals surface area contributed by atoms with Crippen molar-refractivity contribution in [3.05, 3.63) is 64.7 Å². The molecule has 0 saturated heterocycles. The van der Waals surface area contributed by atoms with Crippen molar-refractivity contribution in [2.75, 3.05) is 12.4 Å². The van der Waals surface area contributed by atoms with E-state index in [1.165, 1.54) is 12.1 Å². The standard InChI is InChI=1S/C40H46O11S4.CH2Cl2.CH4O/c1-37(2,3)20-13-24-34-30(18-20)55(49,50)28-17-22(39(7,8)9)15-26(32(28)42)53(45,46)25-14-21(38(4,5)6)16-27(31(25)41)54(47,48)29-19-23(40(10,11)12)36(52(24)44)35(51-34)33(29)43;2-1-3;1-2/h13-19,41-43H,1-12H3;1H2;2H,1H3/t52-;;/m0../s1. The number of phenolic OH excluding ortho intramolecular Hbond substituents is 3. The Morgan fingerprint density at radius 2 is 0.800 bits per heavy atom. The van der Waals surface area contributed by atoms with Crippen molar-refractivity contribution in [2.45, 2.75) is 144 Å². The van der Waals surface area contributed by atoms with Gasteiger partial charge >= 0.3 is 0 Å². The maximum absolute atomic E-state index is 15.1. The molecule has 0 spiro atoms. The zero-order chi connectivity index (χ0) is 46.3. The van der Waals surface area contributed by atoms with Gasteiger partial charge < -0.3 is 25.2 Å². The summed E-state index contributed by atoms with van der Waals surface area (Å²) in [7, 11) is -16.5. The molecule has 0 radical (unpaired) electrons. The number of phenols is 3. The molecule has 0 unspecified atom stereocenters. The summed E-state index contributed by atoms with van der Waals surface area (Å²) in [6, 6.07) is 8.38. The van der Waals surface area contributed by atoms with Crippen LogP contribution in [0.2, 0.25) is 0 Å². The van der Waals surface area contributed by atoms with Crippen LogP contribution in [-0.4, -0.2) is 62.3 Å². The van der Waals surface area contributed by atoms with E-state index >= 15 is 8.42 Å². The molecule has 60 heavy (non-hydrogen) atoms. The fraction of sp³-hybridized carbons (Fsp3) is 0.429. The van der Waals surface area contributed by atoms with Gasteiger partial charge in [-0.1, -0.05) is 83.1 Å². The van der Waals surface area contributed by atoms with Crippen molar-refractivity contribution in [2.24, 2.45) is 0 Å². The molecule has 4 aromatic rings. The van der Waals surface area contributed by atoms with E-state index in [0.29, 0.717) is 5.56 Å². The van der Waals surface area contributed by atoms with Crippen LogP contribution in [0.25, 0.3) is 0 Å². The van der Waals surface area contributed by atoms with E-state index in [1.807, 2.05) is 0 Å². The summed E-state index contributed by atoms with van der Waals surface area (Å²) in [5.41, 5.74) is -2.67. The predicted octanol–water partition coefficient (Wildman–Crippen LogP) is 9.11. The highest BCUT2D eigenvalue weighted by Crippen LogP contribution is 2.56. The number of benzene rings is 4. The minimum atomic E-state index is -5.14. The van der Waals surface area contributed by atoms with Crippen LogP contribution in [-0.2, 0) is 62.0 Å². The molecular formula is C42H52Cl2O12S4. The third-order valence-corrected chi connectivity index (χ3v) is 16.8. The Bertz CT molecular complexity index is 2770. The molecule has 1 atom stereocenters. The summed E-state index contributed by atoms with van der Waals surface area (Å²) < 4.78 is 111. The summed E-state index contributed by atoms with van der Waals surface area (Å²) in [4.78, 5) is -5.10. The van der Waals surface area contributed by atoms with E-state index in [1.54, 1.807) is 83.1 Å². The van der Waals surface area contributed by atoms with E-state index in [9.17, 15) is 36.4 Å². The highest BCUT2D eigenvalue weighted by atomic mass is 35.5. The van der Waals surface area contributed by atoms with E-state index in [4.69, 9.17) is 33.0 Å². The number of aromatic hydroxyl groups is 3. The number of rotatable bonds is 0. The highest BCUT2D eigenvalue weighted by Gasteiger charge is 2.44. The monoisotopic (exact) mass is 946 g/mol. The second kappa shape index (κ2) is 16.1. The van der Waals surface area contributed by atoms with Gasteiger partial charge in [-0.15, -0.1) is 23.2 Å². The lowest BCUT2D eigenvalue weighted by atomic mass is 9.86. The van der Waals surface area contributed by atoms with Crippen LogP contribution in [0.5, 0.6) is 28.7 Å².